The number of carbonyl (C=O) groups is 6. The van der Waals surface area contributed by atoms with Gasteiger partial charge in [0, 0.05) is 137 Å². The quantitative estimate of drug-likeness (QED) is 0.0689. The summed E-state index contributed by atoms with van der Waals surface area (Å²) in [5.41, 5.74) is -3.69. The standard InChI is InChI=1S/C9H13B2O4.C9H15O4.C5H5B2O4.C5H7O4.2C5H11.2CH3B.2CH3.4Y/c1-4-8(13)9(11-14,15-10)5-7(12)6(2)3;1-4-8(11)9(12,13)5-7(10)6(2)3;1-4(9)5(7-10,11-6)2-3-8;1-4(7)5(8,9)2-3-6;2*1-4-5(2)3;2*1-2;;;;;;/h6H,1,4-5H2,2-3H3;6,12-13H,1,4-5H2,2-3H3;2H2,1H3;8-9H,2H2,1H3;2*5H,1,4H2,2-3H3;2*1H3;2*1H3;;;;/q6*-1;;;2*-1;;;;. The predicted octanol–water partition coefficient (Wildman–Crippen LogP) is 3.02. The van der Waals surface area contributed by atoms with Crippen LogP contribution in [-0.4, -0.2) is 136 Å². The van der Waals surface area contributed by atoms with Crippen molar-refractivity contribution in [2.45, 2.75) is 157 Å². The fraction of sp³-hybridized carbons (Fsp3) is 0.667. The predicted molar refractivity (Wildman–Crippen MR) is 253 cm³/mol. The number of ketones is 6. The topological polar surface area (TPSA) is 270 Å². The number of rotatable bonds is 22. The van der Waals surface area contributed by atoms with E-state index in [0.717, 1.165) is 38.5 Å². The van der Waals surface area contributed by atoms with Crippen LogP contribution in [0.15, 0.2) is 0 Å². The van der Waals surface area contributed by atoms with Crippen LogP contribution in [0, 0.1) is 66.2 Å². The van der Waals surface area contributed by atoms with Crippen molar-refractivity contribution in [3.8, 4) is 0 Å². The molecule has 376 valence electrons. The summed E-state index contributed by atoms with van der Waals surface area (Å²) in [6.07, 6.45) is 2.27. The molecule has 16 nitrogen and oxygen atoms in total. The van der Waals surface area contributed by atoms with Crippen LogP contribution >= 0.6 is 0 Å². The Hall–Kier alpha value is 1.53. The van der Waals surface area contributed by atoms with E-state index < -0.39 is 65.0 Å². The minimum Gasteiger partial charge on any atom is -0.359 e. The molecule has 26 heteroatoms. The second-order valence-electron chi connectivity index (χ2n) is 13.9. The summed E-state index contributed by atoms with van der Waals surface area (Å²) in [5, 5.41) is 35.4. The summed E-state index contributed by atoms with van der Waals surface area (Å²) in [4.78, 5) is 85.1. The monoisotopic (exact) mass is 1260 g/mol. The zero-order chi connectivity index (χ0) is 51.7. The summed E-state index contributed by atoms with van der Waals surface area (Å²) in [5.74, 6) is -7.59. The summed E-state index contributed by atoms with van der Waals surface area (Å²) < 4.78 is 29.6. The Morgan fingerprint density at radius 2 is 0.824 bits per heavy atom. The van der Waals surface area contributed by atoms with E-state index in [1.807, 2.05) is 0 Å². The molecule has 4 N–H and O–H groups in total. The summed E-state index contributed by atoms with van der Waals surface area (Å²) in [6, 6.07) is 0. The maximum Gasteiger partial charge on any atom is 0.228 e. The first-order valence-electron chi connectivity index (χ1n) is 19.2. The summed E-state index contributed by atoms with van der Waals surface area (Å²) >= 11 is 0. The van der Waals surface area contributed by atoms with E-state index in [2.05, 4.69) is 88.4 Å². The molecule has 0 aromatic carbocycles. The van der Waals surface area contributed by atoms with Gasteiger partial charge in [-0.25, -0.2) is 0 Å². The third-order valence-corrected chi connectivity index (χ3v) is 7.29. The van der Waals surface area contributed by atoms with Crippen molar-refractivity contribution < 1.29 is 208 Å². The fourth-order valence-electron chi connectivity index (χ4n) is 2.50. The molecule has 0 saturated heterocycles. The zero-order valence-corrected chi connectivity index (χ0v) is 54.6. The first-order chi connectivity index (χ1) is 28.4. The molecule has 0 aliphatic carbocycles. The molecule has 0 bridgehead atoms. The zero-order valence-electron chi connectivity index (χ0n) is 43.3. The van der Waals surface area contributed by atoms with E-state index >= 15 is 0 Å². The number of hydrogen-bond acceptors (Lipinski definition) is 16. The Morgan fingerprint density at radius 1 is 0.544 bits per heavy atom. The van der Waals surface area contributed by atoms with Crippen molar-refractivity contribution in [3.05, 3.63) is 42.5 Å². The van der Waals surface area contributed by atoms with Gasteiger partial charge >= 0.3 is 156 Å². The van der Waals surface area contributed by atoms with Gasteiger partial charge in [0.05, 0.1) is 22.1 Å². The largest absolute Gasteiger partial charge is 0.359 e. The molecule has 0 aromatic rings. The molecule has 0 spiro atoms. The average Bonchev–Trinajstić information content (AvgIpc) is 3.23. The van der Waals surface area contributed by atoms with Crippen LogP contribution in [-0.2, 0) is 188 Å². The van der Waals surface area contributed by atoms with Gasteiger partial charge in [-0.2, -0.15) is 12.8 Å². The first-order valence-corrected chi connectivity index (χ1v) is 19.2. The second-order valence-corrected chi connectivity index (χ2v) is 13.9. The average molecular weight is 1260 g/mol. The van der Waals surface area contributed by atoms with Crippen molar-refractivity contribution in [3.63, 3.8) is 0 Å². The minimum atomic E-state index is -2.54. The van der Waals surface area contributed by atoms with Crippen LogP contribution in [0.25, 0.3) is 0 Å². The van der Waals surface area contributed by atoms with Crippen LogP contribution in [0.2, 0.25) is 13.6 Å². The Balaban J connectivity index is -0.0000000428. The Bertz CT molecular complexity index is 1280. The van der Waals surface area contributed by atoms with Crippen LogP contribution in [0.3, 0.4) is 0 Å². The maximum absolute atomic E-state index is 11.4. The minimum absolute atomic E-state index is 0. The second kappa shape index (κ2) is 64.6. The van der Waals surface area contributed by atoms with E-state index in [4.69, 9.17) is 28.5 Å². The van der Waals surface area contributed by atoms with Gasteiger partial charge in [0.25, 0.3) is 0 Å². The number of aliphatic hydroxyl groups is 4. The van der Waals surface area contributed by atoms with Crippen LogP contribution in [0.1, 0.15) is 121 Å². The van der Waals surface area contributed by atoms with Gasteiger partial charge in [0.2, 0.25) is 5.79 Å². The van der Waals surface area contributed by atoms with Gasteiger partial charge in [-0.15, -0.1) is 6.42 Å². The van der Waals surface area contributed by atoms with E-state index in [-0.39, 0.29) is 203 Å². The molecule has 12 radical (unpaired) electrons. The van der Waals surface area contributed by atoms with Gasteiger partial charge in [-0.1, -0.05) is 73.4 Å². The van der Waals surface area contributed by atoms with E-state index in [0.29, 0.717) is 0 Å². The van der Waals surface area contributed by atoms with Crippen LogP contribution in [0.5, 0.6) is 0 Å². The van der Waals surface area contributed by atoms with Crippen molar-refractivity contribution in [1.29, 1.82) is 0 Å². The summed E-state index contributed by atoms with van der Waals surface area (Å²) in [6.45, 7) is 34.3. The molecule has 0 aliphatic heterocycles. The third-order valence-electron chi connectivity index (χ3n) is 7.29. The van der Waals surface area contributed by atoms with E-state index in [1.165, 1.54) is 26.2 Å². The van der Waals surface area contributed by atoms with E-state index in [9.17, 15) is 47.8 Å². The molecule has 0 amide bonds. The van der Waals surface area contributed by atoms with E-state index in [1.54, 1.807) is 27.7 Å². The molecule has 0 aromatic heterocycles. The first kappa shape index (κ1) is 106. The number of hydrogen-bond donors (Lipinski definition) is 4. The smallest absolute Gasteiger partial charge is 0.228 e. The summed E-state index contributed by atoms with van der Waals surface area (Å²) in [7, 11) is 19.0. The normalized spacial score (nSPS) is 10.8. The third kappa shape index (κ3) is 58.4. The molecule has 0 aliphatic rings. The Kier molecular flexibility index (Phi) is 101. The van der Waals surface area contributed by atoms with Gasteiger partial charge in [0.15, 0.2) is 17.4 Å². The van der Waals surface area contributed by atoms with Gasteiger partial charge in [0.1, 0.15) is 5.78 Å². The SMILES string of the molecule is CC(=O)C(O)(O)C[C-]=O.[B]C.[B]C.[B]OC(B=O)(CC(=O)C(C)C)C(=O)C[CH2-].[B]OC(B=O)(C[C-]=O)C(C)=O.[CH2-]CC(=O)C(O)(O)CC(=O)C(C)C.[CH2-]CC(C)C.[CH2-]CC(C)C.[CH3-].[CH3-].[Y].[Y].[Y].[Y]. The fourth-order valence-corrected chi connectivity index (χ4v) is 2.50. The molecule has 2 atom stereocenters. The number of carbonyl (C=O) groups excluding carboxylic acids is 8. The molecule has 0 saturated carbocycles. The maximum atomic E-state index is 11.4. The van der Waals surface area contributed by atoms with Crippen molar-refractivity contribution >= 4 is 93.4 Å². The molecular formula is C42H74B6O16Y4-8. The molecule has 0 heterocycles. The van der Waals surface area contributed by atoms with Crippen LogP contribution < -0.4 is 0 Å². The van der Waals surface area contributed by atoms with Crippen molar-refractivity contribution in [2.24, 2.45) is 23.7 Å². The molecule has 68 heavy (non-hydrogen) atoms. The molecular weight excluding hydrogens is 1180 g/mol. The Labute approximate surface area is 518 Å². The Morgan fingerprint density at radius 3 is 0.971 bits per heavy atom. The van der Waals surface area contributed by atoms with Gasteiger partial charge in [-0.3, -0.25) is 20.7 Å². The molecule has 0 fully saturated rings. The molecule has 0 rings (SSSR count). The van der Waals surface area contributed by atoms with Gasteiger partial charge < -0.3 is 60.8 Å². The van der Waals surface area contributed by atoms with Crippen molar-refractivity contribution in [1.82, 2.24) is 0 Å². The number of Topliss-reactive ketones (excluding diaryl/α,β-unsaturated/α-hetero) is 6. The molecule has 2 unspecified atom stereocenters. The van der Waals surface area contributed by atoms with Crippen LogP contribution in [0.4, 0.5) is 0 Å². The van der Waals surface area contributed by atoms with Gasteiger partial charge in [-0.05, 0) is 6.92 Å². The van der Waals surface area contributed by atoms with Crippen molar-refractivity contribution in [2.75, 3.05) is 0 Å².